The van der Waals surface area contributed by atoms with Crippen LogP contribution in [0.1, 0.15) is 22.3 Å². The fraction of sp³-hybridized carbons (Fsp3) is 0.0130. The second kappa shape index (κ2) is 17.3. The fourth-order valence-corrected chi connectivity index (χ4v) is 13.9. The molecule has 0 radical (unpaired) electrons. The number of hydrogen-bond donors (Lipinski definition) is 0. The number of nitrogens with zero attached hydrogens (tertiary/aromatic N) is 3. The molecule has 0 fully saturated rings. The predicted molar refractivity (Wildman–Crippen MR) is 332 cm³/mol. The van der Waals surface area contributed by atoms with Gasteiger partial charge < -0.3 is 4.57 Å². The summed E-state index contributed by atoms with van der Waals surface area (Å²) in [6, 6.07) is 105. The van der Waals surface area contributed by atoms with Crippen LogP contribution in [-0.2, 0) is 5.41 Å². The van der Waals surface area contributed by atoms with Crippen LogP contribution >= 0.6 is 0 Å². The lowest BCUT2D eigenvalue weighted by Gasteiger charge is -2.30. The topological polar surface area (TPSA) is 30.7 Å². The Morgan fingerprint density at radius 1 is 0.237 bits per heavy atom. The van der Waals surface area contributed by atoms with Crippen molar-refractivity contribution in [3.8, 4) is 84.1 Å². The van der Waals surface area contributed by atoms with Crippen LogP contribution in [0.25, 0.3) is 138 Å². The van der Waals surface area contributed by atoms with Gasteiger partial charge in [-0.2, -0.15) is 0 Å². The number of aromatic nitrogens is 3. The summed E-state index contributed by atoms with van der Waals surface area (Å²) in [6.07, 6.45) is 0. The zero-order valence-corrected chi connectivity index (χ0v) is 43.5. The van der Waals surface area contributed by atoms with Gasteiger partial charge in [0.25, 0.3) is 0 Å². The SMILES string of the molecule is c1ccc(-c2ccc3c4ccccc4n(-c4cc(-c5ccc6c7ccccc7c7ccccc7c6c5)cc(-c5cc(-c6ccc7c(c6)C6(c8ccccc8-c8ccccc86)c6ccccc6-7)nc(-c6ccccc6)n5)c4)c3c2)cc1. The highest BCUT2D eigenvalue weighted by molar-refractivity contribution is 6.26. The van der Waals surface area contributed by atoms with Gasteiger partial charge in [-0.1, -0.05) is 237 Å². The summed E-state index contributed by atoms with van der Waals surface area (Å²) in [6.45, 7) is 0. The molecular weight excluding hydrogens is 967 g/mol. The van der Waals surface area contributed by atoms with Crippen molar-refractivity contribution in [2.45, 2.75) is 5.41 Å². The molecule has 0 amide bonds. The van der Waals surface area contributed by atoms with E-state index >= 15 is 0 Å². The van der Waals surface area contributed by atoms with Crippen LogP contribution in [0, 0.1) is 0 Å². The van der Waals surface area contributed by atoms with E-state index in [0.717, 1.165) is 55.9 Å². The average molecular weight is 1010 g/mol. The average Bonchev–Trinajstić information content (AvgIpc) is 4.34. The van der Waals surface area contributed by atoms with Crippen LogP contribution in [0.4, 0.5) is 0 Å². The number of benzene rings is 13. The van der Waals surface area contributed by atoms with Gasteiger partial charge in [-0.25, -0.2) is 9.97 Å². The Hall–Kier alpha value is -10.5. The number of fused-ring (bicyclic) bond motifs is 19. The molecule has 0 N–H and O–H groups in total. The molecule has 2 heterocycles. The summed E-state index contributed by atoms with van der Waals surface area (Å²) >= 11 is 0. The van der Waals surface area contributed by atoms with Gasteiger partial charge in [0.1, 0.15) is 0 Å². The van der Waals surface area contributed by atoms with E-state index in [1.165, 1.54) is 98.7 Å². The van der Waals surface area contributed by atoms with Gasteiger partial charge >= 0.3 is 0 Å². The van der Waals surface area contributed by atoms with E-state index in [4.69, 9.17) is 9.97 Å². The lowest BCUT2D eigenvalue weighted by Crippen LogP contribution is -2.25. The van der Waals surface area contributed by atoms with Crippen molar-refractivity contribution in [1.29, 1.82) is 0 Å². The van der Waals surface area contributed by atoms with Gasteiger partial charge in [-0.3, -0.25) is 0 Å². The molecule has 0 atom stereocenters. The highest BCUT2D eigenvalue weighted by Gasteiger charge is 2.51. The molecule has 0 unspecified atom stereocenters. The molecule has 0 saturated carbocycles. The first kappa shape index (κ1) is 44.6. The van der Waals surface area contributed by atoms with E-state index in [2.05, 4.69) is 290 Å². The summed E-state index contributed by atoms with van der Waals surface area (Å²) in [5, 5.41) is 9.90. The Morgan fingerprint density at radius 2 is 0.688 bits per heavy atom. The van der Waals surface area contributed by atoms with Gasteiger partial charge in [0.15, 0.2) is 5.82 Å². The summed E-state index contributed by atoms with van der Waals surface area (Å²) in [7, 11) is 0. The Balaban J connectivity index is 0.926. The van der Waals surface area contributed by atoms with E-state index in [0.29, 0.717) is 5.82 Å². The van der Waals surface area contributed by atoms with Gasteiger partial charge in [0, 0.05) is 33.2 Å². The van der Waals surface area contributed by atoms with Crippen LogP contribution in [-0.4, -0.2) is 14.5 Å². The molecule has 2 aliphatic rings. The van der Waals surface area contributed by atoms with Crippen molar-refractivity contribution in [3.63, 3.8) is 0 Å². The largest absolute Gasteiger partial charge is 0.309 e. The number of hydrogen-bond acceptors (Lipinski definition) is 2. The Bertz CT molecular complexity index is 4970. The maximum absolute atomic E-state index is 5.58. The summed E-state index contributed by atoms with van der Waals surface area (Å²) in [4.78, 5) is 11.1. The third-order valence-corrected chi connectivity index (χ3v) is 17.4. The standard InChI is InChI=1S/C77H47N3/c1-3-19-48(20-4-1)51-36-40-66-65-30-14-18-34-74(65)80(75(66)46-51)55-42-53(50-35-38-60-58-25-8-7-23-56(58)57-24-9-10-26-59(57)67(60)44-50)41-54(43-55)73-47-72(78-76(79-73)49-21-5-2-6-22-49)52-37-39-64-63-29-13-17-33-70(63)77(71(64)45-52)68-31-15-11-27-61(68)62-28-12-16-32-69(62)77/h1-47H. The highest BCUT2D eigenvalue weighted by atomic mass is 15.0. The fourth-order valence-electron chi connectivity index (χ4n) is 13.9. The van der Waals surface area contributed by atoms with Gasteiger partial charge in [0.05, 0.1) is 27.8 Å². The molecule has 15 aromatic rings. The summed E-state index contributed by atoms with van der Waals surface area (Å²) < 4.78 is 2.46. The molecule has 2 aliphatic carbocycles. The normalized spacial score (nSPS) is 12.8. The third kappa shape index (κ3) is 6.49. The monoisotopic (exact) mass is 1010 g/mol. The minimum atomic E-state index is -0.489. The Labute approximate surface area is 463 Å². The van der Waals surface area contributed by atoms with Crippen molar-refractivity contribution in [1.82, 2.24) is 14.5 Å². The van der Waals surface area contributed by atoms with E-state index in [1.54, 1.807) is 0 Å². The Kier molecular flexibility index (Phi) is 9.63. The minimum absolute atomic E-state index is 0.489. The second-order valence-corrected chi connectivity index (χ2v) is 21.5. The predicted octanol–water partition coefficient (Wildman–Crippen LogP) is 19.7. The van der Waals surface area contributed by atoms with Gasteiger partial charge in [-0.05, 0) is 148 Å². The molecule has 0 aliphatic heterocycles. The molecule has 17 rings (SSSR count). The number of para-hydroxylation sites is 1. The van der Waals surface area contributed by atoms with Gasteiger partial charge in [0.2, 0.25) is 0 Å². The van der Waals surface area contributed by atoms with E-state index in [-0.39, 0.29) is 0 Å². The van der Waals surface area contributed by atoms with Crippen molar-refractivity contribution in [2.75, 3.05) is 0 Å². The third-order valence-electron chi connectivity index (χ3n) is 17.4. The summed E-state index contributed by atoms with van der Waals surface area (Å²) in [5.74, 6) is 0.675. The van der Waals surface area contributed by atoms with E-state index in [1.807, 2.05) is 0 Å². The highest BCUT2D eigenvalue weighted by Crippen LogP contribution is 2.63. The van der Waals surface area contributed by atoms with E-state index < -0.39 is 5.41 Å². The first-order valence-electron chi connectivity index (χ1n) is 27.6. The van der Waals surface area contributed by atoms with Crippen LogP contribution in [0.3, 0.4) is 0 Å². The van der Waals surface area contributed by atoms with Crippen LogP contribution in [0.15, 0.2) is 285 Å². The molecule has 13 aromatic carbocycles. The molecule has 3 nitrogen and oxygen atoms in total. The quantitative estimate of drug-likeness (QED) is 0.155. The minimum Gasteiger partial charge on any atom is -0.309 e. The Morgan fingerprint density at radius 3 is 1.32 bits per heavy atom. The first-order chi connectivity index (χ1) is 39.7. The molecule has 80 heavy (non-hydrogen) atoms. The molecule has 3 heteroatoms. The zero-order chi connectivity index (χ0) is 52.5. The van der Waals surface area contributed by atoms with Crippen molar-refractivity contribution in [2.24, 2.45) is 0 Å². The van der Waals surface area contributed by atoms with E-state index in [9.17, 15) is 0 Å². The second-order valence-electron chi connectivity index (χ2n) is 21.5. The van der Waals surface area contributed by atoms with Gasteiger partial charge in [-0.15, -0.1) is 0 Å². The molecule has 2 aromatic heterocycles. The zero-order valence-electron chi connectivity index (χ0n) is 43.5. The maximum Gasteiger partial charge on any atom is 0.160 e. The van der Waals surface area contributed by atoms with Crippen molar-refractivity contribution < 1.29 is 0 Å². The molecular formula is C77H47N3. The van der Waals surface area contributed by atoms with Crippen LogP contribution in [0.5, 0.6) is 0 Å². The molecule has 1 spiro atoms. The summed E-state index contributed by atoms with van der Waals surface area (Å²) in [5.41, 5.74) is 22.5. The lowest BCUT2D eigenvalue weighted by atomic mass is 9.70. The number of rotatable bonds is 6. The molecule has 0 saturated heterocycles. The van der Waals surface area contributed by atoms with Crippen LogP contribution < -0.4 is 0 Å². The maximum atomic E-state index is 5.58. The molecule has 0 bridgehead atoms. The lowest BCUT2D eigenvalue weighted by molar-refractivity contribution is 0.794. The van der Waals surface area contributed by atoms with Crippen molar-refractivity contribution >= 4 is 54.1 Å². The first-order valence-corrected chi connectivity index (χ1v) is 27.6. The van der Waals surface area contributed by atoms with Crippen LogP contribution in [0.2, 0.25) is 0 Å². The molecule has 370 valence electrons. The smallest absolute Gasteiger partial charge is 0.160 e. The van der Waals surface area contributed by atoms with Crippen molar-refractivity contribution in [3.05, 3.63) is 307 Å².